The van der Waals surface area contributed by atoms with Crippen LogP contribution in [0.15, 0.2) is 18.3 Å². The van der Waals surface area contributed by atoms with Crippen molar-refractivity contribution in [2.24, 2.45) is 0 Å². The molecule has 5 N–H and O–H groups in total. The molecule has 1 aromatic carbocycles. The van der Waals surface area contributed by atoms with Gasteiger partial charge in [-0.1, -0.05) is 0 Å². The maximum Gasteiger partial charge on any atom is 1.00 e. The Morgan fingerprint density at radius 2 is 2.00 bits per heavy atom. The Morgan fingerprint density at radius 1 is 1.27 bits per heavy atom. The highest BCUT2D eigenvalue weighted by Gasteiger charge is 1.98. The Labute approximate surface area is 64.7 Å². The first kappa shape index (κ1) is 6.03. The molecule has 0 radical (unpaired) electrons. The van der Waals surface area contributed by atoms with Gasteiger partial charge in [-0.15, -0.1) is 0 Å². The van der Waals surface area contributed by atoms with Gasteiger partial charge in [-0.25, -0.2) is 0 Å². The molecule has 0 saturated carbocycles. The summed E-state index contributed by atoms with van der Waals surface area (Å²) >= 11 is 0. The summed E-state index contributed by atoms with van der Waals surface area (Å²) in [7, 11) is 0. The second kappa shape index (κ2) is 1.88. The summed E-state index contributed by atoms with van der Waals surface area (Å²) in [6.07, 6.45) is 1.71. The lowest BCUT2D eigenvalue weighted by Crippen LogP contribution is -1.93. The van der Waals surface area contributed by atoms with E-state index in [0.717, 1.165) is 10.9 Å². The van der Waals surface area contributed by atoms with Crippen LogP contribution in [0.4, 0.5) is 11.4 Å². The third-order valence-corrected chi connectivity index (χ3v) is 1.64. The lowest BCUT2D eigenvalue weighted by atomic mass is 10.2. The highest BCUT2D eigenvalue weighted by atomic mass is 15.1. The molecule has 1 heterocycles. The molecule has 4 heteroatoms. The number of anilines is 2. The Kier molecular flexibility index (Phi) is 1.03. The summed E-state index contributed by atoms with van der Waals surface area (Å²) in [6.45, 7) is 0. The van der Waals surface area contributed by atoms with E-state index in [1.54, 1.807) is 18.3 Å². The number of hydrogen-bond acceptors (Lipinski definition) is 3. The second-order valence-electron chi connectivity index (χ2n) is 2.44. The molecule has 0 aliphatic heterocycles. The molecule has 56 valence electrons. The van der Waals surface area contributed by atoms with E-state index >= 15 is 0 Å². The SMILES string of the molecule is Nc1cc2cn[nH]c2cc1N.[H+]. The van der Waals surface area contributed by atoms with E-state index in [4.69, 9.17) is 11.5 Å². The first-order chi connectivity index (χ1) is 5.27. The number of fused-ring (bicyclic) bond motifs is 1. The fourth-order valence-electron chi connectivity index (χ4n) is 1.03. The van der Waals surface area contributed by atoms with Crippen molar-refractivity contribution in [1.82, 2.24) is 10.2 Å². The van der Waals surface area contributed by atoms with Crippen LogP contribution in [0.1, 0.15) is 1.43 Å². The summed E-state index contributed by atoms with van der Waals surface area (Å²) < 4.78 is 0. The van der Waals surface area contributed by atoms with E-state index in [9.17, 15) is 0 Å². The minimum absolute atomic E-state index is 0. The molecular weight excluding hydrogens is 140 g/mol. The van der Waals surface area contributed by atoms with Crippen LogP contribution in [-0.2, 0) is 0 Å². The van der Waals surface area contributed by atoms with Gasteiger partial charge in [0.05, 0.1) is 23.1 Å². The van der Waals surface area contributed by atoms with Gasteiger partial charge in [0.15, 0.2) is 0 Å². The van der Waals surface area contributed by atoms with Gasteiger partial charge >= 0.3 is 1.43 Å². The van der Waals surface area contributed by atoms with Gasteiger partial charge < -0.3 is 11.5 Å². The second-order valence-corrected chi connectivity index (χ2v) is 2.44. The van der Waals surface area contributed by atoms with Crippen molar-refractivity contribution in [2.45, 2.75) is 0 Å². The molecule has 0 aliphatic rings. The molecule has 4 nitrogen and oxygen atoms in total. The molecule has 0 spiro atoms. The summed E-state index contributed by atoms with van der Waals surface area (Å²) in [5.41, 5.74) is 13.2. The predicted molar refractivity (Wildman–Crippen MR) is 46.0 cm³/mol. The monoisotopic (exact) mass is 149 g/mol. The zero-order valence-corrected chi connectivity index (χ0v) is 5.83. The number of hydrogen-bond donors (Lipinski definition) is 3. The van der Waals surface area contributed by atoms with Crippen molar-refractivity contribution >= 4 is 22.3 Å². The minimum atomic E-state index is 0. The molecule has 2 rings (SSSR count). The van der Waals surface area contributed by atoms with E-state index in [0.29, 0.717) is 11.4 Å². The lowest BCUT2D eigenvalue weighted by Gasteiger charge is -1.97. The van der Waals surface area contributed by atoms with Crippen molar-refractivity contribution in [3.05, 3.63) is 18.3 Å². The summed E-state index contributed by atoms with van der Waals surface area (Å²) in [5, 5.41) is 7.63. The number of aromatic amines is 1. The van der Waals surface area contributed by atoms with E-state index in [-0.39, 0.29) is 1.43 Å². The van der Waals surface area contributed by atoms with Crippen LogP contribution in [0.3, 0.4) is 0 Å². The topological polar surface area (TPSA) is 80.7 Å². The molecule has 11 heavy (non-hydrogen) atoms. The van der Waals surface area contributed by atoms with Gasteiger partial charge in [-0.2, -0.15) is 5.10 Å². The van der Waals surface area contributed by atoms with Crippen molar-refractivity contribution in [1.29, 1.82) is 0 Å². The van der Waals surface area contributed by atoms with E-state index in [1.165, 1.54) is 0 Å². The first-order valence-electron chi connectivity index (χ1n) is 3.25. The number of aromatic nitrogens is 2. The summed E-state index contributed by atoms with van der Waals surface area (Å²) in [6, 6.07) is 3.58. The Bertz CT molecular complexity index is 359. The maximum atomic E-state index is 5.58. The largest absolute Gasteiger partial charge is 1.00 e. The van der Waals surface area contributed by atoms with E-state index in [1.807, 2.05) is 0 Å². The van der Waals surface area contributed by atoms with Crippen molar-refractivity contribution in [3.8, 4) is 0 Å². The van der Waals surface area contributed by atoms with Gasteiger partial charge in [-0.3, -0.25) is 5.10 Å². The number of nitrogens with one attached hydrogen (secondary N) is 1. The minimum Gasteiger partial charge on any atom is -0.397 e. The van der Waals surface area contributed by atoms with Crippen LogP contribution in [0.5, 0.6) is 0 Å². The molecule has 1 aromatic heterocycles. The van der Waals surface area contributed by atoms with Crippen LogP contribution in [0.25, 0.3) is 10.9 Å². The lowest BCUT2D eigenvalue weighted by molar-refractivity contribution is 1.12. The van der Waals surface area contributed by atoms with Gasteiger partial charge in [-0.05, 0) is 12.1 Å². The first-order valence-corrected chi connectivity index (χ1v) is 3.25. The average Bonchev–Trinajstić information content (AvgIpc) is 2.36. The molecule has 0 fully saturated rings. The molecule has 2 aromatic rings. The van der Waals surface area contributed by atoms with Crippen molar-refractivity contribution < 1.29 is 1.43 Å². The Morgan fingerprint density at radius 3 is 2.82 bits per heavy atom. The summed E-state index contributed by atoms with van der Waals surface area (Å²) in [4.78, 5) is 0. The third-order valence-electron chi connectivity index (χ3n) is 1.64. The number of nitrogens with zero attached hydrogens (tertiary/aromatic N) is 1. The van der Waals surface area contributed by atoms with E-state index in [2.05, 4.69) is 10.2 Å². The fourth-order valence-corrected chi connectivity index (χ4v) is 1.03. The molecule has 0 saturated heterocycles. The zero-order chi connectivity index (χ0) is 7.84. The molecular formula is C7H9N4+. The molecule has 0 amide bonds. The standard InChI is InChI=1S/C7H8N4/c8-5-1-4-3-10-11-7(4)2-6(5)9/h1-3H,8-9H2,(H,10,11)/p+1. The van der Waals surface area contributed by atoms with Crippen molar-refractivity contribution in [2.75, 3.05) is 11.5 Å². The average molecular weight is 149 g/mol. The Balaban J connectivity index is 0.000000720. The molecule has 0 atom stereocenters. The molecule has 0 unspecified atom stereocenters. The van der Waals surface area contributed by atoms with Gasteiger partial charge in [0, 0.05) is 5.39 Å². The number of rotatable bonds is 0. The third kappa shape index (κ3) is 0.797. The van der Waals surface area contributed by atoms with E-state index < -0.39 is 0 Å². The Hall–Kier alpha value is -1.71. The van der Waals surface area contributed by atoms with Crippen molar-refractivity contribution in [3.63, 3.8) is 0 Å². The number of nitrogens with two attached hydrogens (primary N) is 2. The highest BCUT2D eigenvalue weighted by molar-refractivity contribution is 5.87. The smallest absolute Gasteiger partial charge is 0.397 e. The van der Waals surface area contributed by atoms with Crippen LogP contribution < -0.4 is 11.5 Å². The maximum absolute atomic E-state index is 5.58. The molecule has 0 aliphatic carbocycles. The highest BCUT2D eigenvalue weighted by Crippen LogP contribution is 2.21. The van der Waals surface area contributed by atoms with Crippen LogP contribution in [0, 0.1) is 0 Å². The van der Waals surface area contributed by atoms with Crippen LogP contribution >= 0.6 is 0 Å². The number of benzene rings is 1. The predicted octanol–water partition coefficient (Wildman–Crippen LogP) is 0.840. The number of H-pyrrole nitrogens is 1. The van der Waals surface area contributed by atoms with Gasteiger partial charge in [0.1, 0.15) is 0 Å². The number of nitrogen functional groups attached to an aromatic ring is 2. The molecule has 0 bridgehead atoms. The zero-order valence-electron chi connectivity index (χ0n) is 6.83. The van der Waals surface area contributed by atoms with Gasteiger partial charge in [0.25, 0.3) is 0 Å². The van der Waals surface area contributed by atoms with Crippen LogP contribution in [0.2, 0.25) is 0 Å². The fraction of sp³-hybridized carbons (Fsp3) is 0. The quantitative estimate of drug-likeness (QED) is 0.485. The van der Waals surface area contributed by atoms with Crippen LogP contribution in [-0.4, -0.2) is 10.2 Å². The van der Waals surface area contributed by atoms with Gasteiger partial charge in [0.2, 0.25) is 0 Å². The normalized spacial score (nSPS) is 10.5. The summed E-state index contributed by atoms with van der Waals surface area (Å²) in [5.74, 6) is 0.